The highest BCUT2D eigenvalue weighted by Crippen LogP contribution is 2.12. The molecule has 1 atom stereocenters. The summed E-state index contributed by atoms with van der Waals surface area (Å²) in [5.41, 5.74) is -0.0924. The Kier molecular flexibility index (Phi) is 5.44. The largest absolute Gasteiger partial charge is 0.366 e. The Hall–Kier alpha value is -0.240. The molecule has 0 fully saturated rings. The lowest BCUT2D eigenvalue weighted by molar-refractivity contribution is 0.764. The second-order valence-electron chi connectivity index (χ2n) is 3.22. The summed E-state index contributed by atoms with van der Waals surface area (Å²) in [6, 6.07) is 0.334. The van der Waals surface area contributed by atoms with E-state index in [0.29, 0.717) is 15.4 Å². The van der Waals surface area contributed by atoms with E-state index in [9.17, 15) is 4.79 Å². The van der Waals surface area contributed by atoms with Crippen molar-refractivity contribution in [2.75, 3.05) is 17.3 Å². The predicted molar refractivity (Wildman–Crippen MR) is 73.7 cm³/mol. The quantitative estimate of drug-likeness (QED) is 0.805. The van der Waals surface area contributed by atoms with Crippen molar-refractivity contribution in [2.45, 2.75) is 19.4 Å². The van der Waals surface area contributed by atoms with Crippen LogP contribution in [0.1, 0.15) is 13.3 Å². The molecule has 0 bridgehead atoms. The molecule has 0 amide bonds. The lowest BCUT2D eigenvalue weighted by Crippen LogP contribution is -2.21. The van der Waals surface area contributed by atoms with Crippen molar-refractivity contribution < 1.29 is 0 Å². The monoisotopic (exact) mass is 339 g/mol. The highest BCUT2D eigenvalue weighted by molar-refractivity contribution is 14.1. The van der Waals surface area contributed by atoms with E-state index in [1.807, 2.05) is 34.4 Å². The Morgan fingerprint density at radius 3 is 3.13 bits per heavy atom. The number of rotatable bonds is 5. The van der Waals surface area contributed by atoms with Crippen LogP contribution in [0, 0.1) is 3.57 Å². The first kappa shape index (κ1) is 12.8. The van der Waals surface area contributed by atoms with Crippen LogP contribution in [0.25, 0.3) is 0 Å². The lowest BCUT2D eigenvalue weighted by Gasteiger charge is -2.14. The molecule has 6 heteroatoms. The van der Waals surface area contributed by atoms with Crippen LogP contribution < -0.4 is 10.9 Å². The molecule has 2 N–H and O–H groups in total. The van der Waals surface area contributed by atoms with Gasteiger partial charge in [-0.05, 0) is 47.9 Å². The number of thioether (sulfide) groups is 1. The highest BCUT2D eigenvalue weighted by Gasteiger charge is 2.07. The van der Waals surface area contributed by atoms with Crippen molar-refractivity contribution in [3.63, 3.8) is 0 Å². The number of aromatic nitrogens is 2. The van der Waals surface area contributed by atoms with E-state index in [0.717, 1.165) is 12.2 Å². The summed E-state index contributed by atoms with van der Waals surface area (Å²) in [4.78, 5) is 17.9. The van der Waals surface area contributed by atoms with Crippen molar-refractivity contribution >= 4 is 40.2 Å². The number of anilines is 1. The molecule has 0 aromatic carbocycles. The van der Waals surface area contributed by atoms with E-state index in [2.05, 4.69) is 28.5 Å². The zero-order valence-electron chi connectivity index (χ0n) is 8.71. The van der Waals surface area contributed by atoms with Crippen molar-refractivity contribution in [3.05, 3.63) is 20.3 Å². The summed E-state index contributed by atoms with van der Waals surface area (Å²) in [5, 5.41) is 3.23. The first-order valence-electron chi connectivity index (χ1n) is 4.63. The Morgan fingerprint density at radius 1 is 1.73 bits per heavy atom. The molecule has 0 radical (unpaired) electrons. The standard InChI is InChI=1S/C9H14IN3OS/c1-6(3-4-15-2)13-8-7(10)9(14)12-5-11-8/h5-6H,3-4H2,1-2H3,(H2,11,12,13,14). The predicted octanol–water partition coefficient (Wildman–Crippen LogP) is 1.93. The number of hydrogen-bond acceptors (Lipinski definition) is 4. The van der Waals surface area contributed by atoms with Gasteiger partial charge in [-0.25, -0.2) is 4.98 Å². The summed E-state index contributed by atoms with van der Waals surface area (Å²) in [7, 11) is 0. The van der Waals surface area contributed by atoms with Gasteiger partial charge >= 0.3 is 0 Å². The first-order valence-corrected chi connectivity index (χ1v) is 7.11. The number of aromatic amines is 1. The number of nitrogens with zero attached hydrogens (tertiary/aromatic N) is 1. The molecule has 0 aliphatic heterocycles. The molecule has 0 spiro atoms. The molecule has 1 rings (SSSR count). The van der Waals surface area contributed by atoms with Crippen molar-refractivity contribution in [1.82, 2.24) is 9.97 Å². The zero-order chi connectivity index (χ0) is 11.3. The molecule has 84 valence electrons. The first-order chi connectivity index (χ1) is 7.15. The van der Waals surface area contributed by atoms with Crippen LogP contribution in [-0.2, 0) is 0 Å². The highest BCUT2D eigenvalue weighted by atomic mass is 127. The lowest BCUT2D eigenvalue weighted by atomic mass is 10.2. The average molecular weight is 339 g/mol. The molecule has 0 aliphatic carbocycles. The third-order valence-electron chi connectivity index (χ3n) is 1.93. The van der Waals surface area contributed by atoms with Crippen LogP contribution >= 0.6 is 34.4 Å². The van der Waals surface area contributed by atoms with Gasteiger partial charge in [-0.3, -0.25) is 4.79 Å². The van der Waals surface area contributed by atoms with Crippen molar-refractivity contribution in [1.29, 1.82) is 0 Å². The Bertz CT molecular complexity index is 369. The molecular weight excluding hydrogens is 325 g/mol. The van der Waals surface area contributed by atoms with Gasteiger partial charge in [0.2, 0.25) is 0 Å². The molecule has 15 heavy (non-hydrogen) atoms. The Morgan fingerprint density at radius 2 is 2.47 bits per heavy atom. The summed E-state index contributed by atoms with van der Waals surface area (Å²) >= 11 is 3.82. The van der Waals surface area contributed by atoms with Gasteiger partial charge in [-0.15, -0.1) is 0 Å². The fourth-order valence-electron chi connectivity index (χ4n) is 1.08. The van der Waals surface area contributed by atoms with Gasteiger partial charge < -0.3 is 10.3 Å². The van der Waals surface area contributed by atoms with E-state index < -0.39 is 0 Å². The molecule has 0 saturated heterocycles. The van der Waals surface area contributed by atoms with Gasteiger partial charge in [-0.2, -0.15) is 11.8 Å². The Balaban J connectivity index is 2.64. The van der Waals surface area contributed by atoms with Crippen molar-refractivity contribution in [3.8, 4) is 0 Å². The van der Waals surface area contributed by atoms with E-state index in [-0.39, 0.29) is 5.56 Å². The van der Waals surface area contributed by atoms with Gasteiger partial charge in [0.05, 0.1) is 6.33 Å². The maximum Gasteiger partial charge on any atom is 0.266 e. The summed E-state index contributed by atoms with van der Waals surface area (Å²) in [6.45, 7) is 2.09. The molecule has 1 aromatic rings. The van der Waals surface area contributed by atoms with E-state index >= 15 is 0 Å². The third-order valence-corrected chi connectivity index (χ3v) is 3.58. The topological polar surface area (TPSA) is 57.8 Å². The average Bonchev–Trinajstić information content (AvgIpc) is 2.22. The minimum absolute atomic E-state index is 0.0924. The summed E-state index contributed by atoms with van der Waals surface area (Å²) < 4.78 is 0.617. The van der Waals surface area contributed by atoms with Gasteiger partial charge in [0.15, 0.2) is 0 Å². The molecule has 1 heterocycles. The SMILES string of the molecule is CSCCC(C)Nc1nc[nH]c(=O)c1I. The van der Waals surface area contributed by atoms with Gasteiger partial charge in [0.25, 0.3) is 5.56 Å². The van der Waals surface area contributed by atoms with Crippen LogP contribution in [0.2, 0.25) is 0 Å². The zero-order valence-corrected chi connectivity index (χ0v) is 11.7. The molecule has 4 nitrogen and oxygen atoms in total. The van der Waals surface area contributed by atoms with Crippen LogP contribution in [0.3, 0.4) is 0 Å². The van der Waals surface area contributed by atoms with Gasteiger partial charge in [-0.1, -0.05) is 0 Å². The normalized spacial score (nSPS) is 12.5. The minimum atomic E-state index is -0.0924. The molecule has 0 aliphatic rings. The maximum atomic E-state index is 11.3. The van der Waals surface area contributed by atoms with Crippen molar-refractivity contribution in [2.24, 2.45) is 0 Å². The van der Waals surface area contributed by atoms with Gasteiger partial charge in [0, 0.05) is 6.04 Å². The number of halogens is 1. The van der Waals surface area contributed by atoms with Gasteiger partial charge in [0.1, 0.15) is 9.39 Å². The molecule has 0 saturated carbocycles. The summed E-state index contributed by atoms with van der Waals surface area (Å²) in [5.74, 6) is 1.78. The third kappa shape index (κ3) is 4.02. The molecule has 1 aromatic heterocycles. The second kappa shape index (κ2) is 6.37. The minimum Gasteiger partial charge on any atom is -0.366 e. The molecular formula is C9H14IN3OS. The number of H-pyrrole nitrogens is 1. The summed E-state index contributed by atoms with van der Waals surface area (Å²) in [6.07, 6.45) is 4.57. The smallest absolute Gasteiger partial charge is 0.266 e. The van der Waals surface area contributed by atoms with Crippen LogP contribution in [0.15, 0.2) is 11.1 Å². The fourth-order valence-corrected chi connectivity index (χ4v) is 2.12. The number of nitrogens with one attached hydrogen (secondary N) is 2. The van der Waals surface area contributed by atoms with Crippen LogP contribution in [0.5, 0.6) is 0 Å². The second-order valence-corrected chi connectivity index (χ2v) is 5.29. The fraction of sp³-hybridized carbons (Fsp3) is 0.556. The van der Waals surface area contributed by atoms with E-state index in [1.165, 1.54) is 6.33 Å². The van der Waals surface area contributed by atoms with E-state index in [1.54, 1.807) is 0 Å². The number of hydrogen-bond donors (Lipinski definition) is 2. The Labute approximate surface area is 107 Å². The molecule has 1 unspecified atom stereocenters. The maximum absolute atomic E-state index is 11.3. The van der Waals surface area contributed by atoms with E-state index in [4.69, 9.17) is 0 Å². The van der Waals surface area contributed by atoms with Crippen LogP contribution in [0.4, 0.5) is 5.82 Å². The van der Waals surface area contributed by atoms with Crippen LogP contribution in [-0.4, -0.2) is 28.0 Å².